The van der Waals surface area contributed by atoms with Crippen molar-refractivity contribution >= 4 is 57.7 Å². The Morgan fingerprint density at radius 2 is 1.11 bits per heavy atom. The summed E-state index contributed by atoms with van der Waals surface area (Å²) in [6, 6.07) is 6.21. The Labute approximate surface area is 365 Å². The SMILES string of the molecule is C1C[C@@H]2C[C@H]1CO2.CC(=O)c1cnn2ccc(Cl)nc12.CC(=O)c1cnn2ccc(N3C[C@@H]4C[C@H]3CO4)nc12.O.O=C(O)c1cnn2ccc(N3C[C@@H]4C[C@H]3CO4)nc12.[Li+].[OH-]. The number of carbonyl (C=O) groups is 3. The first-order valence-corrected chi connectivity index (χ1v) is 19.8. The van der Waals surface area contributed by atoms with E-state index in [9.17, 15) is 14.4 Å². The van der Waals surface area contributed by atoms with Gasteiger partial charge in [0.05, 0.1) is 73.3 Å². The number of nitrogens with zero attached hydrogens (tertiary/aromatic N) is 11. The van der Waals surface area contributed by atoms with E-state index in [1.807, 2.05) is 18.3 Å². The van der Waals surface area contributed by atoms with Crippen molar-refractivity contribution in [3.05, 3.63) is 77.2 Å². The predicted molar refractivity (Wildman–Crippen MR) is 215 cm³/mol. The van der Waals surface area contributed by atoms with Crippen molar-refractivity contribution in [2.45, 2.75) is 76.3 Å². The van der Waals surface area contributed by atoms with Crippen LogP contribution in [0.15, 0.2) is 55.4 Å². The molecule has 5 saturated heterocycles. The standard InChI is InChI=1S/C13H14N4O2.C12H12N4O3.C8H6ClN3O.C6H10O.Li.2H2O/c1-8(18)11-5-14-17-3-2-12(15-13(11)17)16-6-10-4-9(16)7-19-10;17-12(18)9-4-13-16-2-1-10(14-11(9)16)15-5-8-3-7(15)6-19-8;1-5(13)6-4-10-12-3-2-7(9)11-8(6)12;1-2-6-3-5(1)4-7-6;;;/h2-3,5,9-10H,4,6-7H2,1H3;1-2,4,7-8H,3,5-6H2,(H,17,18);2-4H,1H3;5-6H,1-4H2;;2*1H2/q;;;;+1;;/p-1/t9-,10-;7-,8-;;5-,6+;;;/m00.0.../s1. The Morgan fingerprint density at radius 3 is 1.48 bits per heavy atom. The quantitative estimate of drug-likeness (QED) is 0.137. The topological polar surface area (TPSA) is 258 Å². The fraction of sp³-hybridized carbons (Fsp3) is 0.462. The number of halogens is 1. The van der Waals surface area contributed by atoms with Crippen molar-refractivity contribution in [1.82, 2.24) is 43.8 Å². The molecule has 4 N–H and O–H groups in total. The molecule has 6 bridgehead atoms. The Morgan fingerprint density at radius 1 is 0.656 bits per heavy atom. The number of aromatic carboxylic acids is 1. The number of anilines is 2. The molecule has 6 atom stereocenters. The molecule has 6 aromatic heterocycles. The fourth-order valence-electron chi connectivity index (χ4n) is 8.50. The third-order valence-corrected chi connectivity index (χ3v) is 11.7. The molecule has 6 fully saturated rings. The maximum Gasteiger partial charge on any atom is 1.00 e. The zero-order chi connectivity index (χ0) is 40.1. The number of hydrogen-bond donors (Lipinski definition) is 1. The molecule has 22 heteroatoms. The Bertz CT molecular complexity index is 2400. The minimum Gasteiger partial charge on any atom is -0.870 e. The van der Waals surface area contributed by atoms with Gasteiger partial charge in [0, 0.05) is 38.3 Å². The summed E-state index contributed by atoms with van der Waals surface area (Å²) in [5.74, 6) is 1.57. The summed E-state index contributed by atoms with van der Waals surface area (Å²) in [6.07, 6.45) is 17.2. The largest absolute Gasteiger partial charge is 1.00 e. The zero-order valence-electron chi connectivity index (χ0n) is 33.9. The minimum atomic E-state index is -1.01. The number of Topliss-reactive ketones (excluding diaryl/α,β-unsaturated/α-hetero) is 2. The summed E-state index contributed by atoms with van der Waals surface area (Å²) in [5.41, 5.74) is 2.70. The van der Waals surface area contributed by atoms with Gasteiger partial charge in [0.15, 0.2) is 28.5 Å². The van der Waals surface area contributed by atoms with Crippen molar-refractivity contribution in [3.8, 4) is 0 Å². The van der Waals surface area contributed by atoms with Gasteiger partial charge in [-0.2, -0.15) is 15.3 Å². The van der Waals surface area contributed by atoms with Gasteiger partial charge in [-0.15, -0.1) is 0 Å². The molecule has 20 nitrogen and oxygen atoms in total. The van der Waals surface area contributed by atoms with E-state index in [4.69, 9.17) is 30.9 Å². The second kappa shape index (κ2) is 18.9. The van der Waals surface area contributed by atoms with Gasteiger partial charge in [-0.25, -0.2) is 33.3 Å². The van der Waals surface area contributed by atoms with Crippen LogP contribution in [0.25, 0.3) is 16.9 Å². The Balaban J connectivity index is 0.000000140. The van der Waals surface area contributed by atoms with Crippen LogP contribution in [0.5, 0.6) is 0 Å². The van der Waals surface area contributed by atoms with Crippen molar-refractivity contribution in [1.29, 1.82) is 0 Å². The Kier molecular flexibility index (Phi) is 14.1. The molecule has 5 aliphatic heterocycles. The van der Waals surface area contributed by atoms with Gasteiger partial charge < -0.3 is 40.1 Å². The van der Waals surface area contributed by atoms with Crippen LogP contribution in [0.4, 0.5) is 11.6 Å². The van der Waals surface area contributed by atoms with Gasteiger partial charge in [0.25, 0.3) is 0 Å². The van der Waals surface area contributed by atoms with Crippen molar-refractivity contribution < 1.29 is 63.5 Å². The summed E-state index contributed by atoms with van der Waals surface area (Å²) in [5, 5.41) is 21.6. The maximum atomic E-state index is 11.6. The number of carboxylic acid groups (broad SMARTS) is 1. The van der Waals surface area contributed by atoms with Crippen molar-refractivity contribution in [3.63, 3.8) is 0 Å². The molecular weight excluding hydrogens is 809 g/mol. The van der Waals surface area contributed by atoms with Crippen LogP contribution < -0.4 is 28.7 Å². The van der Waals surface area contributed by atoms with E-state index in [1.54, 1.807) is 29.2 Å². The van der Waals surface area contributed by atoms with E-state index in [0.717, 1.165) is 63.3 Å². The summed E-state index contributed by atoms with van der Waals surface area (Å²) >= 11 is 5.69. The summed E-state index contributed by atoms with van der Waals surface area (Å²) in [7, 11) is 0. The second-order valence-electron chi connectivity index (χ2n) is 15.3. The number of morpholine rings is 2. The van der Waals surface area contributed by atoms with Gasteiger partial charge in [0.2, 0.25) is 0 Å². The van der Waals surface area contributed by atoms with Crippen molar-refractivity contribution in [2.24, 2.45) is 5.92 Å². The number of aromatic nitrogens is 9. The van der Waals surface area contributed by atoms with Crippen molar-refractivity contribution in [2.75, 3.05) is 42.7 Å². The van der Waals surface area contributed by atoms with Gasteiger partial charge >= 0.3 is 24.8 Å². The molecule has 1 saturated carbocycles. The first-order chi connectivity index (χ1) is 28.1. The average molecular weight is 854 g/mol. The molecule has 6 aromatic rings. The molecule has 6 aliphatic rings. The fourth-order valence-corrected chi connectivity index (χ4v) is 8.63. The summed E-state index contributed by atoms with van der Waals surface area (Å²) < 4.78 is 21.2. The van der Waals surface area contributed by atoms with Crippen LogP contribution in [0.3, 0.4) is 0 Å². The van der Waals surface area contributed by atoms with Crippen LogP contribution in [-0.4, -0.2) is 141 Å². The zero-order valence-corrected chi connectivity index (χ0v) is 34.6. The molecule has 1 aliphatic carbocycles. The normalized spacial score (nSPS) is 23.6. The molecule has 11 heterocycles. The van der Waals surface area contributed by atoms with Gasteiger partial charge in [-0.3, -0.25) is 9.59 Å². The van der Waals surface area contributed by atoms with E-state index in [1.165, 1.54) is 54.5 Å². The molecule has 0 aromatic carbocycles. The molecule has 0 amide bonds. The van der Waals surface area contributed by atoms with Gasteiger partial charge in [-0.1, -0.05) is 11.6 Å². The van der Waals surface area contributed by atoms with E-state index < -0.39 is 5.97 Å². The smallest absolute Gasteiger partial charge is 0.870 e. The number of carbonyl (C=O) groups excluding carboxylic acids is 2. The van der Waals surface area contributed by atoms with Crippen LogP contribution in [-0.2, 0) is 14.2 Å². The van der Waals surface area contributed by atoms with E-state index in [-0.39, 0.29) is 53.0 Å². The molecule has 318 valence electrons. The maximum absolute atomic E-state index is 11.6. The molecule has 12 rings (SSSR count). The van der Waals surface area contributed by atoms with E-state index in [2.05, 4.69) is 40.0 Å². The molecular formula is C39H45ClLiN11O9. The third kappa shape index (κ3) is 9.27. The van der Waals surface area contributed by atoms with Gasteiger partial charge in [-0.05, 0) is 70.1 Å². The van der Waals surface area contributed by atoms with Gasteiger partial charge in [0.1, 0.15) is 22.4 Å². The molecule has 0 unspecified atom stereocenters. The molecule has 0 spiro atoms. The minimum absolute atomic E-state index is 0. The monoisotopic (exact) mass is 853 g/mol. The number of rotatable bonds is 5. The second-order valence-corrected chi connectivity index (χ2v) is 15.7. The van der Waals surface area contributed by atoms with Crippen LogP contribution in [0, 0.1) is 5.92 Å². The predicted octanol–water partition coefficient (Wildman–Crippen LogP) is 0.0875. The summed E-state index contributed by atoms with van der Waals surface area (Å²) in [6.45, 7) is 7.28. The third-order valence-electron chi connectivity index (χ3n) is 11.5. The number of ether oxygens (including phenoxy) is 3. The Hall–Kier alpha value is -5.04. The molecule has 0 radical (unpaired) electrons. The number of carboxylic acids is 1. The number of hydrogen-bond acceptors (Lipinski definition) is 15. The number of fused-ring (bicyclic) bond motifs is 9. The van der Waals surface area contributed by atoms with E-state index >= 15 is 0 Å². The van der Waals surface area contributed by atoms with Crippen LogP contribution >= 0.6 is 11.6 Å². The van der Waals surface area contributed by atoms with Crippen LogP contribution in [0.1, 0.15) is 77.0 Å². The average Bonchev–Trinajstić information content (AvgIpc) is 4.09. The number of ketones is 2. The van der Waals surface area contributed by atoms with Crippen LogP contribution in [0.2, 0.25) is 5.15 Å². The first kappa shape index (κ1) is 45.5. The molecule has 61 heavy (non-hydrogen) atoms. The summed E-state index contributed by atoms with van der Waals surface area (Å²) in [4.78, 5) is 51.3. The van der Waals surface area contributed by atoms with E-state index in [0.29, 0.717) is 57.5 Å². The first-order valence-electron chi connectivity index (χ1n) is 19.4.